The zero-order valence-electron chi connectivity index (χ0n) is 10.3. The Morgan fingerprint density at radius 3 is 2.35 bits per heavy atom. The molecule has 1 nitrogen and oxygen atoms in total. The minimum absolute atomic E-state index is 0.00397. The van der Waals surface area contributed by atoms with Crippen LogP contribution in [0.1, 0.15) is 5.56 Å². The smallest absolute Gasteiger partial charge is 0.416 e. The molecule has 0 aliphatic rings. The summed E-state index contributed by atoms with van der Waals surface area (Å²) in [5.74, 6) is -0.678. The van der Waals surface area contributed by atoms with Gasteiger partial charge in [-0.25, -0.2) is 4.39 Å². The molecule has 0 atom stereocenters. The Bertz CT molecular complexity index is 638. The number of ether oxygens (including phenoxy) is 1. The second kappa shape index (κ2) is 5.59. The van der Waals surface area contributed by atoms with Gasteiger partial charge in [-0.2, -0.15) is 13.2 Å². The fraction of sp³-hybridized carbons (Fsp3) is 0.143. The highest BCUT2D eigenvalue weighted by atomic mass is 127. The van der Waals surface area contributed by atoms with E-state index in [1.54, 1.807) is 0 Å². The average Bonchev–Trinajstić information content (AvgIpc) is 2.38. The average molecular weight is 396 g/mol. The van der Waals surface area contributed by atoms with Crippen molar-refractivity contribution in [3.8, 4) is 16.9 Å². The minimum Gasteiger partial charge on any atom is -0.494 e. The van der Waals surface area contributed by atoms with E-state index in [2.05, 4.69) is 0 Å². The molecule has 0 radical (unpaired) electrons. The highest BCUT2D eigenvalue weighted by Crippen LogP contribution is 2.36. The number of benzene rings is 2. The van der Waals surface area contributed by atoms with Crippen molar-refractivity contribution in [1.29, 1.82) is 0 Å². The van der Waals surface area contributed by atoms with Crippen LogP contribution >= 0.6 is 22.6 Å². The van der Waals surface area contributed by atoms with E-state index < -0.39 is 17.6 Å². The van der Waals surface area contributed by atoms with Crippen LogP contribution in [-0.4, -0.2) is 7.11 Å². The van der Waals surface area contributed by atoms with Crippen molar-refractivity contribution in [3.63, 3.8) is 0 Å². The van der Waals surface area contributed by atoms with Crippen molar-refractivity contribution in [2.45, 2.75) is 6.18 Å². The topological polar surface area (TPSA) is 9.23 Å². The van der Waals surface area contributed by atoms with Crippen LogP contribution in [0.25, 0.3) is 11.1 Å². The van der Waals surface area contributed by atoms with Gasteiger partial charge in [0.05, 0.1) is 12.7 Å². The number of rotatable bonds is 2. The van der Waals surface area contributed by atoms with Gasteiger partial charge in [0.15, 0.2) is 11.6 Å². The Morgan fingerprint density at radius 1 is 1.05 bits per heavy atom. The summed E-state index contributed by atoms with van der Waals surface area (Å²) >= 11 is 1.87. The lowest BCUT2D eigenvalue weighted by atomic mass is 10.0. The van der Waals surface area contributed by atoms with Gasteiger partial charge in [-0.15, -0.1) is 0 Å². The van der Waals surface area contributed by atoms with Gasteiger partial charge < -0.3 is 4.74 Å². The third-order valence-electron chi connectivity index (χ3n) is 2.77. The van der Waals surface area contributed by atoms with Gasteiger partial charge in [0.2, 0.25) is 0 Å². The molecule has 6 heteroatoms. The van der Waals surface area contributed by atoms with E-state index in [9.17, 15) is 17.6 Å². The molecule has 0 saturated carbocycles. The molecular weight excluding hydrogens is 387 g/mol. The third kappa shape index (κ3) is 2.89. The van der Waals surface area contributed by atoms with Crippen LogP contribution in [0.4, 0.5) is 17.6 Å². The summed E-state index contributed by atoms with van der Waals surface area (Å²) in [6, 6.07) is 7.61. The second-order valence-electron chi connectivity index (χ2n) is 4.01. The largest absolute Gasteiger partial charge is 0.494 e. The van der Waals surface area contributed by atoms with E-state index >= 15 is 0 Å². The molecule has 0 unspecified atom stereocenters. The Labute approximate surface area is 126 Å². The van der Waals surface area contributed by atoms with Crippen LogP contribution in [0.3, 0.4) is 0 Å². The van der Waals surface area contributed by atoms with Crippen LogP contribution in [0.15, 0.2) is 36.4 Å². The number of hydrogen-bond acceptors (Lipinski definition) is 1. The molecule has 2 aromatic carbocycles. The second-order valence-corrected chi connectivity index (χ2v) is 5.18. The maximum atomic E-state index is 14.2. The molecule has 0 aliphatic heterocycles. The molecule has 2 rings (SSSR count). The highest BCUT2D eigenvalue weighted by Gasteiger charge is 2.31. The quantitative estimate of drug-likeness (QED) is 0.506. The van der Waals surface area contributed by atoms with Crippen molar-refractivity contribution < 1.29 is 22.3 Å². The SMILES string of the molecule is COc1cccc(-c2cc(C(F)(F)F)ccc2I)c1F. The minimum atomic E-state index is -4.46. The van der Waals surface area contributed by atoms with E-state index in [1.165, 1.54) is 31.4 Å². The van der Waals surface area contributed by atoms with Crippen LogP contribution in [0.5, 0.6) is 5.75 Å². The van der Waals surface area contributed by atoms with Crippen LogP contribution in [0, 0.1) is 9.39 Å². The zero-order chi connectivity index (χ0) is 14.9. The molecule has 20 heavy (non-hydrogen) atoms. The van der Waals surface area contributed by atoms with Gasteiger partial charge in [-0.3, -0.25) is 0 Å². The Hall–Kier alpha value is -1.31. The summed E-state index contributed by atoms with van der Waals surface area (Å²) in [5.41, 5.74) is -0.535. The molecule has 2 aromatic rings. The van der Waals surface area contributed by atoms with Gasteiger partial charge in [0.25, 0.3) is 0 Å². The lowest BCUT2D eigenvalue weighted by molar-refractivity contribution is -0.137. The standard InChI is InChI=1S/C14H9F4IO/c1-20-12-4-2-3-9(13(12)15)10-7-8(14(16,17)18)5-6-11(10)19/h2-7H,1H3. The van der Waals surface area contributed by atoms with Crippen molar-refractivity contribution >= 4 is 22.6 Å². The predicted molar refractivity (Wildman–Crippen MR) is 76.1 cm³/mol. The van der Waals surface area contributed by atoms with Gasteiger partial charge in [0, 0.05) is 9.13 Å². The molecule has 0 aliphatic carbocycles. The number of alkyl halides is 3. The van der Waals surface area contributed by atoms with Gasteiger partial charge in [-0.05, 0) is 52.4 Å². The first-order valence-electron chi connectivity index (χ1n) is 5.54. The molecule has 0 saturated heterocycles. The maximum Gasteiger partial charge on any atom is 0.416 e. The fourth-order valence-electron chi connectivity index (χ4n) is 1.78. The van der Waals surface area contributed by atoms with E-state index in [-0.39, 0.29) is 16.9 Å². The van der Waals surface area contributed by atoms with Crippen molar-refractivity contribution in [2.24, 2.45) is 0 Å². The fourth-order valence-corrected chi connectivity index (χ4v) is 2.41. The first-order valence-corrected chi connectivity index (χ1v) is 6.62. The van der Waals surface area contributed by atoms with Crippen molar-refractivity contribution in [3.05, 3.63) is 51.3 Å². The predicted octanol–water partition coefficient (Wildman–Crippen LogP) is 5.12. The first-order chi connectivity index (χ1) is 9.34. The number of halogens is 5. The molecule has 0 heterocycles. The third-order valence-corrected chi connectivity index (χ3v) is 3.71. The van der Waals surface area contributed by atoms with E-state index in [1.807, 2.05) is 22.6 Å². The molecule has 0 spiro atoms. The molecular formula is C14H9F4IO. The van der Waals surface area contributed by atoms with E-state index in [0.717, 1.165) is 12.1 Å². The molecule has 0 fully saturated rings. The summed E-state index contributed by atoms with van der Waals surface area (Å²) < 4.78 is 57.8. The molecule has 0 bridgehead atoms. The van der Waals surface area contributed by atoms with Gasteiger partial charge >= 0.3 is 6.18 Å². The molecule has 106 valence electrons. The van der Waals surface area contributed by atoms with Crippen molar-refractivity contribution in [2.75, 3.05) is 7.11 Å². The lowest BCUT2D eigenvalue weighted by Crippen LogP contribution is -2.05. The van der Waals surface area contributed by atoms with Crippen LogP contribution in [0.2, 0.25) is 0 Å². The Kier molecular flexibility index (Phi) is 4.22. The van der Waals surface area contributed by atoms with Crippen molar-refractivity contribution in [1.82, 2.24) is 0 Å². The lowest BCUT2D eigenvalue weighted by Gasteiger charge is -2.12. The molecule has 0 aromatic heterocycles. The monoisotopic (exact) mass is 396 g/mol. The van der Waals surface area contributed by atoms with Crippen LogP contribution < -0.4 is 4.74 Å². The maximum absolute atomic E-state index is 14.2. The molecule has 0 amide bonds. The summed E-state index contributed by atoms with van der Waals surface area (Å²) in [5, 5.41) is 0. The van der Waals surface area contributed by atoms with Crippen LogP contribution in [-0.2, 0) is 6.18 Å². The summed E-state index contributed by atoms with van der Waals surface area (Å²) in [7, 11) is 1.30. The first kappa shape index (κ1) is 15.1. The Morgan fingerprint density at radius 2 is 1.75 bits per heavy atom. The number of methoxy groups -OCH3 is 1. The molecule has 0 N–H and O–H groups in total. The summed E-state index contributed by atoms with van der Waals surface area (Å²) in [4.78, 5) is 0. The Balaban J connectivity index is 2.64. The summed E-state index contributed by atoms with van der Waals surface area (Å²) in [6.45, 7) is 0. The normalized spacial score (nSPS) is 11.5. The van der Waals surface area contributed by atoms with E-state index in [4.69, 9.17) is 4.74 Å². The van der Waals surface area contributed by atoms with E-state index in [0.29, 0.717) is 3.57 Å². The highest BCUT2D eigenvalue weighted by molar-refractivity contribution is 14.1. The zero-order valence-corrected chi connectivity index (χ0v) is 12.4. The number of hydrogen-bond donors (Lipinski definition) is 0. The van der Waals surface area contributed by atoms with Gasteiger partial charge in [0.1, 0.15) is 0 Å². The van der Waals surface area contributed by atoms with Gasteiger partial charge in [-0.1, -0.05) is 12.1 Å². The summed E-state index contributed by atoms with van der Waals surface area (Å²) in [6.07, 6.45) is -4.46.